The summed E-state index contributed by atoms with van der Waals surface area (Å²) >= 11 is 0. The van der Waals surface area contributed by atoms with Crippen LogP contribution in [0.15, 0.2) is 60.7 Å². The standard InChI is InChI=1S/C18H15N3O/c1-14-17(12-19)18(13-22-16-10-6-3-7-11-16)21(20-14)15-8-4-2-5-9-15/h2-11H,13H2,1H3. The Kier molecular flexibility index (Phi) is 3.88. The molecule has 0 saturated heterocycles. The van der Waals surface area contributed by atoms with E-state index in [-0.39, 0.29) is 0 Å². The third-order valence-electron chi connectivity index (χ3n) is 3.39. The number of hydrogen-bond acceptors (Lipinski definition) is 3. The van der Waals surface area contributed by atoms with Crippen molar-refractivity contribution < 1.29 is 4.74 Å². The smallest absolute Gasteiger partial charge is 0.132 e. The molecule has 3 aromatic rings. The van der Waals surface area contributed by atoms with Crippen LogP contribution in [0.1, 0.15) is 17.0 Å². The molecule has 0 saturated carbocycles. The van der Waals surface area contributed by atoms with Crippen molar-refractivity contribution in [2.45, 2.75) is 13.5 Å². The average molecular weight is 289 g/mol. The van der Waals surface area contributed by atoms with Gasteiger partial charge in [0.1, 0.15) is 24.0 Å². The predicted octanol–water partition coefficient (Wildman–Crippen LogP) is 3.63. The second kappa shape index (κ2) is 6.15. The number of aromatic nitrogens is 2. The Balaban J connectivity index is 1.97. The Labute approximate surface area is 129 Å². The lowest BCUT2D eigenvalue weighted by atomic mass is 10.2. The number of aryl methyl sites for hydroxylation is 1. The van der Waals surface area contributed by atoms with Crippen LogP contribution in [0.5, 0.6) is 5.75 Å². The molecule has 3 rings (SSSR count). The molecule has 22 heavy (non-hydrogen) atoms. The lowest BCUT2D eigenvalue weighted by Gasteiger charge is -2.09. The average Bonchev–Trinajstić information content (AvgIpc) is 2.90. The molecular formula is C18H15N3O. The maximum Gasteiger partial charge on any atom is 0.132 e. The summed E-state index contributed by atoms with van der Waals surface area (Å²) in [6.07, 6.45) is 0. The van der Waals surface area contributed by atoms with Crippen molar-refractivity contribution in [3.8, 4) is 17.5 Å². The topological polar surface area (TPSA) is 50.8 Å². The second-order valence-corrected chi connectivity index (χ2v) is 4.87. The molecule has 0 aliphatic carbocycles. The molecule has 0 atom stereocenters. The summed E-state index contributed by atoms with van der Waals surface area (Å²) in [5, 5.41) is 13.9. The van der Waals surface area contributed by atoms with Gasteiger partial charge in [-0.2, -0.15) is 10.4 Å². The molecule has 0 N–H and O–H groups in total. The lowest BCUT2D eigenvalue weighted by Crippen LogP contribution is -2.06. The van der Waals surface area contributed by atoms with E-state index in [4.69, 9.17) is 4.74 Å². The highest BCUT2D eigenvalue weighted by atomic mass is 16.5. The van der Waals surface area contributed by atoms with Crippen LogP contribution in [-0.2, 0) is 6.61 Å². The number of para-hydroxylation sites is 2. The summed E-state index contributed by atoms with van der Waals surface area (Å²) in [5.41, 5.74) is 2.95. The molecule has 0 fully saturated rings. The fourth-order valence-electron chi connectivity index (χ4n) is 2.30. The number of hydrogen-bond donors (Lipinski definition) is 0. The van der Waals surface area contributed by atoms with Crippen LogP contribution < -0.4 is 4.74 Å². The molecule has 4 nitrogen and oxygen atoms in total. The van der Waals surface area contributed by atoms with E-state index in [0.717, 1.165) is 17.1 Å². The minimum atomic E-state index is 0.294. The molecule has 0 bridgehead atoms. The fourth-order valence-corrected chi connectivity index (χ4v) is 2.30. The summed E-state index contributed by atoms with van der Waals surface area (Å²) in [5.74, 6) is 0.768. The van der Waals surface area contributed by atoms with Crippen molar-refractivity contribution in [3.05, 3.63) is 77.6 Å². The summed E-state index contributed by atoms with van der Waals surface area (Å²) in [6, 6.07) is 21.5. The van der Waals surface area contributed by atoms with Crippen LogP contribution in [0, 0.1) is 18.3 Å². The predicted molar refractivity (Wildman–Crippen MR) is 83.8 cm³/mol. The van der Waals surface area contributed by atoms with Gasteiger partial charge in [0.15, 0.2) is 0 Å². The van der Waals surface area contributed by atoms with Gasteiger partial charge in [-0.1, -0.05) is 36.4 Å². The number of rotatable bonds is 4. The first-order chi connectivity index (χ1) is 10.8. The first-order valence-corrected chi connectivity index (χ1v) is 7.01. The van der Waals surface area contributed by atoms with Crippen molar-refractivity contribution >= 4 is 0 Å². The molecule has 0 unspecified atom stereocenters. The van der Waals surface area contributed by atoms with Gasteiger partial charge in [-0.05, 0) is 31.2 Å². The number of nitrogens with zero attached hydrogens (tertiary/aromatic N) is 3. The third-order valence-corrected chi connectivity index (χ3v) is 3.39. The van der Waals surface area contributed by atoms with Gasteiger partial charge in [-0.15, -0.1) is 0 Å². The highest BCUT2D eigenvalue weighted by Crippen LogP contribution is 2.20. The van der Waals surface area contributed by atoms with E-state index in [2.05, 4.69) is 11.2 Å². The number of nitriles is 1. The van der Waals surface area contributed by atoms with Crippen LogP contribution in [0.2, 0.25) is 0 Å². The van der Waals surface area contributed by atoms with E-state index in [1.807, 2.05) is 67.6 Å². The van der Waals surface area contributed by atoms with Crippen LogP contribution in [-0.4, -0.2) is 9.78 Å². The van der Waals surface area contributed by atoms with Gasteiger partial charge < -0.3 is 4.74 Å². The highest BCUT2D eigenvalue weighted by molar-refractivity contribution is 5.43. The molecule has 1 heterocycles. The lowest BCUT2D eigenvalue weighted by molar-refractivity contribution is 0.297. The SMILES string of the molecule is Cc1nn(-c2ccccc2)c(COc2ccccc2)c1C#N. The molecule has 4 heteroatoms. The number of ether oxygens (including phenoxy) is 1. The third kappa shape index (κ3) is 2.70. The largest absolute Gasteiger partial charge is 0.487 e. The van der Waals surface area contributed by atoms with Gasteiger partial charge >= 0.3 is 0 Å². The summed E-state index contributed by atoms with van der Waals surface area (Å²) in [4.78, 5) is 0. The summed E-state index contributed by atoms with van der Waals surface area (Å²) in [6.45, 7) is 2.13. The van der Waals surface area contributed by atoms with E-state index in [1.165, 1.54) is 0 Å². The Morgan fingerprint density at radius 1 is 1.05 bits per heavy atom. The van der Waals surface area contributed by atoms with E-state index in [1.54, 1.807) is 4.68 Å². The molecule has 0 spiro atoms. The van der Waals surface area contributed by atoms with Gasteiger partial charge in [0.05, 0.1) is 17.1 Å². The molecule has 1 aromatic heterocycles. The van der Waals surface area contributed by atoms with Crippen LogP contribution >= 0.6 is 0 Å². The van der Waals surface area contributed by atoms with Crippen molar-refractivity contribution in [3.63, 3.8) is 0 Å². The minimum absolute atomic E-state index is 0.294. The molecule has 0 aliphatic rings. The normalized spacial score (nSPS) is 10.2. The zero-order valence-corrected chi connectivity index (χ0v) is 12.2. The maximum absolute atomic E-state index is 9.40. The molecule has 0 amide bonds. The second-order valence-electron chi connectivity index (χ2n) is 4.87. The Morgan fingerprint density at radius 2 is 1.68 bits per heavy atom. The van der Waals surface area contributed by atoms with Gasteiger partial charge in [-0.25, -0.2) is 4.68 Å². The quantitative estimate of drug-likeness (QED) is 0.737. The van der Waals surface area contributed by atoms with Crippen LogP contribution in [0.3, 0.4) is 0 Å². The van der Waals surface area contributed by atoms with Crippen molar-refractivity contribution in [1.82, 2.24) is 9.78 Å². The fraction of sp³-hybridized carbons (Fsp3) is 0.111. The van der Waals surface area contributed by atoms with E-state index < -0.39 is 0 Å². The molecule has 0 aliphatic heterocycles. The minimum Gasteiger partial charge on any atom is -0.487 e. The van der Waals surface area contributed by atoms with Gasteiger partial charge in [0, 0.05) is 0 Å². The Morgan fingerprint density at radius 3 is 2.32 bits per heavy atom. The summed E-state index contributed by atoms with van der Waals surface area (Å²) in [7, 11) is 0. The Hall–Kier alpha value is -3.06. The molecule has 108 valence electrons. The van der Waals surface area contributed by atoms with Gasteiger partial charge in [0.2, 0.25) is 0 Å². The first kappa shape index (κ1) is 13.9. The van der Waals surface area contributed by atoms with Crippen LogP contribution in [0.25, 0.3) is 5.69 Å². The van der Waals surface area contributed by atoms with Crippen molar-refractivity contribution in [2.24, 2.45) is 0 Å². The zero-order chi connectivity index (χ0) is 15.4. The van der Waals surface area contributed by atoms with E-state index in [0.29, 0.717) is 17.9 Å². The molecule has 2 aromatic carbocycles. The first-order valence-electron chi connectivity index (χ1n) is 7.01. The molecular weight excluding hydrogens is 274 g/mol. The van der Waals surface area contributed by atoms with E-state index in [9.17, 15) is 5.26 Å². The molecule has 0 radical (unpaired) electrons. The van der Waals surface area contributed by atoms with Crippen LogP contribution in [0.4, 0.5) is 0 Å². The van der Waals surface area contributed by atoms with Gasteiger partial charge in [-0.3, -0.25) is 0 Å². The van der Waals surface area contributed by atoms with Crippen molar-refractivity contribution in [2.75, 3.05) is 0 Å². The highest BCUT2D eigenvalue weighted by Gasteiger charge is 2.16. The summed E-state index contributed by atoms with van der Waals surface area (Å²) < 4.78 is 7.57. The van der Waals surface area contributed by atoms with E-state index >= 15 is 0 Å². The van der Waals surface area contributed by atoms with Gasteiger partial charge in [0.25, 0.3) is 0 Å². The maximum atomic E-state index is 9.40. The zero-order valence-electron chi connectivity index (χ0n) is 12.2. The Bertz CT molecular complexity index is 802. The number of benzene rings is 2. The van der Waals surface area contributed by atoms with Crippen molar-refractivity contribution in [1.29, 1.82) is 5.26 Å². The monoisotopic (exact) mass is 289 g/mol.